The van der Waals surface area contributed by atoms with Crippen molar-refractivity contribution in [2.24, 2.45) is 0 Å². The third kappa shape index (κ3) is 4.49. The summed E-state index contributed by atoms with van der Waals surface area (Å²) in [7, 11) is 0. The average molecular weight is 286 g/mol. The topological polar surface area (TPSA) is 71.5 Å². The summed E-state index contributed by atoms with van der Waals surface area (Å²) in [5.74, 6) is -0.144. The standard InChI is InChI=1S/C16H18N2O3/c1-12-10-15(14(11-18-12)16(19)20)17-8-5-9-21-13-6-3-2-4-7-13/h2-4,6-7,10-11H,5,8-9H2,1H3,(H,17,18)(H,19,20). The van der Waals surface area contributed by atoms with E-state index in [9.17, 15) is 4.79 Å². The molecule has 0 aliphatic carbocycles. The number of rotatable bonds is 7. The van der Waals surface area contributed by atoms with Gasteiger partial charge in [0.05, 0.1) is 12.3 Å². The summed E-state index contributed by atoms with van der Waals surface area (Å²) < 4.78 is 5.58. The molecule has 2 N–H and O–H groups in total. The predicted molar refractivity (Wildman–Crippen MR) is 81.0 cm³/mol. The van der Waals surface area contributed by atoms with Crippen LogP contribution in [0.15, 0.2) is 42.6 Å². The Morgan fingerprint density at radius 3 is 2.81 bits per heavy atom. The fourth-order valence-electron chi connectivity index (χ4n) is 1.88. The quantitative estimate of drug-likeness (QED) is 0.766. The molecule has 21 heavy (non-hydrogen) atoms. The normalized spacial score (nSPS) is 10.1. The summed E-state index contributed by atoms with van der Waals surface area (Å²) in [5, 5.41) is 12.2. The van der Waals surface area contributed by atoms with Crippen molar-refractivity contribution in [3.63, 3.8) is 0 Å². The number of aromatic nitrogens is 1. The van der Waals surface area contributed by atoms with Gasteiger partial charge >= 0.3 is 5.97 Å². The number of ether oxygens (including phenoxy) is 1. The van der Waals surface area contributed by atoms with E-state index in [1.54, 1.807) is 6.07 Å². The van der Waals surface area contributed by atoms with Gasteiger partial charge in [-0.3, -0.25) is 4.98 Å². The smallest absolute Gasteiger partial charge is 0.339 e. The third-order valence-corrected chi connectivity index (χ3v) is 2.92. The van der Waals surface area contributed by atoms with Gasteiger partial charge in [-0.15, -0.1) is 0 Å². The van der Waals surface area contributed by atoms with Gasteiger partial charge in [-0.1, -0.05) is 18.2 Å². The molecule has 0 amide bonds. The van der Waals surface area contributed by atoms with Crippen molar-refractivity contribution in [2.75, 3.05) is 18.5 Å². The molecule has 1 aromatic carbocycles. The highest BCUT2D eigenvalue weighted by molar-refractivity contribution is 5.93. The van der Waals surface area contributed by atoms with E-state index in [1.165, 1.54) is 6.20 Å². The number of hydrogen-bond acceptors (Lipinski definition) is 4. The third-order valence-electron chi connectivity index (χ3n) is 2.92. The van der Waals surface area contributed by atoms with Crippen molar-refractivity contribution in [2.45, 2.75) is 13.3 Å². The number of carboxylic acid groups (broad SMARTS) is 1. The van der Waals surface area contributed by atoms with Crippen LogP contribution >= 0.6 is 0 Å². The zero-order chi connectivity index (χ0) is 15.1. The van der Waals surface area contributed by atoms with Gasteiger partial charge in [-0.05, 0) is 31.5 Å². The molecule has 5 heteroatoms. The lowest BCUT2D eigenvalue weighted by Gasteiger charge is -2.10. The van der Waals surface area contributed by atoms with Crippen molar-refractivity contribution in [1.82, 2.24) is 4.98 Å². The Morgan fingerprint density at radius 2 is 2.10 bits per heavy atom. The fraction of sp³-hybridized carbons (Fsp3) is 0.250. The molecule has 1 heterocycles. The molecular formula is C16H18N2O3. The minimum Gasteiger partial charge on any atom is -0.494 e. The number of aromatic carboxylic acids is 1. The lowest BCUT2D eigenvalue weighted by molar-refractivity contribution is 0.0697. The van der Waals surface area contributed by atoms with E-state index < -0.39 is 5.97 Å². The number of benzene rings is 1. The molecule has 0 saturated carbocycles. The van der Waals surface area contributed by atoms with Crippen molar-refractivity contribution in [3.8, 4) is 5.75 Å². The largest absolute Gasteiger partial charge is 0.494 e. The molecule has 110 valence electrons. The van der Waals surface area contributed by atoms with Crippen molar-refractivity contribution in [3.05, 3.63) is 53.9 Å². The van der Waals surface area contributed by atoms with E-state index in [0.29, 0.717) is 18.8 Å². The molecule has 0 aliphatic rings. The number of carbonyl (C=O) groups is 1. The van der Waals surface area contributed by atoms with Crippen LogP contribution in [0.4, 0.5) is 5.69 Å². The van der Waals surface area contributed by atoms with Crippen LogP contribution in [-0.2, 0) is 0 Å². The van der Waals surface area contributed by atoms with E-state index in [0.717, 1.165) is 17.9 Å². The minimum absolute atomic E-state index is 0.185. The molecule has 0 radical (unpaired) electrons. The molecule has 0 fully saturated rings. The monoisotopic (exact) mass is 286 g/mol. The highest BCUT2D eigenvalue weighted by Gasteiger charge is 2.10. The number of nitrogens with zero attached hydrogens (tertiary/aromatic N) is 1. The zero-order valence-electron chi connectivity index (χ0n) is 11.9. The molecule has 0 saturated heterocycles. The van der Waals surface area contributed by atoms with Crippen molar-refractivity contribution in [1.29, 1.82) is 0 Å². The van der Waals surface area contributed by atoms with Gasteiger partial charge in [-0.25, -0.2) is 4.79 Å². The number of carboxylic acids is 1. The number of hydrogen-bond donors (Lipinski definition) is 2. The molecule has 0 unspecified atom stereocenters. The second-order valence-electron chi connectivity index (χ2n) is 4.62. The lowest BCUT2D eigenvalue weighted by atomic mass is 10.2. The van der Waals surface area contributed by atoms with Gasteiger partial charge in [0.25, 0.3) is 0 Å². The summed E-state index contributed by atoms with van der Waals surface area (Å²) in [4.78, 5) is 15.1. The van der Waals surface area contributed by atoms with E-state index >= 15 is 0 Å². The van der Waals surface area contributed by atoms with Crippen molar-refractivity contribution >= 4 is 11.7 Å². The van der Waals surface area contributed by atoms with Crippen LogP contribution in [0, 0.1) is 6.92 Å². The first-order valence-electron chi connectivity index (χ1n) is 6.78. The molecule has 2 aromatic rings. The highest BCUT2D eigenvalue weighted by atomic mass is 16.5. The Balaban J connectivity index is 1.81. The Bertz CT molecular complexity index is 600. The number of pyridine rings is 1. The van der Waals surface area contributed by atoms with Gasteiger partial charge in [-0.2, -0.15) is 0 Å². The minimum atomic E-state index is -0.981. The van der Waals surface area contributed by atoms with Crippen LogP contribution in [0.2, 0.25) is 0 Å². The van der Waals surface area contributed by atoms with Gasteiger partial charge in [0, 0.05) is 18.4 Å². The van der Waals surface area contributed by atoms with Crippen LogP contribution in [0.5, 0.6) is 5.75 Å². The maximum atomic E-state index is 11.1. The summed E-state index contributed by atoms with van der Waals surface area (Å²) in [6.07, 6.45) is 2.15. The number of para-hydroxylation sites is 1. The molecule has 0 bridgehead atoms. The van der Waals surface area contributed by atoms with Crippen LogP contribution in [-0.4, -0.2) is 29.2 Å². The molecular weight excluding hydrogens is 268 g/mol. The molecule has 0 spiro atoms. The molecule has 0 aliphatic heterocycles. The molecule has 0 atom stereocenters. The summed E-state index contributed by atoms with van der Waals surface area (Å²) in [5.41, 5.74) is 1.56. The Labute approximate surface area is 123 Å². The molecule has 5 nitrogen and oxygen atoms in total. The van der Waals surface area contributed by atoms with Crippen molar-refractivity contribution < 1.29 is 14.6 Å². The first kappa shape index (κ1) is 14.8. The maximum absolute atomic E-state index is 11.1. The first-order chi connectivity index (χ1) is 10.2. The summed E-state index contributed by atoms with van der Waals surface area (Å²) in [6, 6.07) is 11.3. The fourth-order valence-corrected chi connectivity index (χ4v) is 1.88. The predicted octanol–water partition coefficient (Wildman–Crippen LogP) is 2.97. The molecule has 1 aromatic heterocycles. The SMILES string of the molecule is Cc1cc(NCCCOc2ccccc2)c(C(=O)O)cn1. The zero-order valence-corrected chi connectivity index (χ0v) is 11.9. The maximum Gasteiger partial charge on any atom is 0.339 e. The van der Waals surface area contributed by atoms with Gasteiger partial charge < -0.3 is 15.2 Å². The van der Waals surface area contributed by atoms with Gasteiger partial charge in [0.1, 0.15) is 11.3 Å². The Morgan fingerprint density at radius 1 is 1.33 bits per heavy atom. The highest BCUT2D eigenvalue weighted by Crippen LogP contribution is 2.15. The molecule has 2 rings (SSSR count). The van der Waals surface area contributed by atoms with Crippen LogP contribution < -0.4 is 10.1 Å². The lowest BCUT2D eigenvalue weighted by Crippen LogP contribution is -2.11. The van der Waals surface area contributed by atoms with E-state index in [-0.39, 0.29) is 5.56 Å². The Hall–Kier alpha value is -2.56. The van der Waals surface area contributed by atoms with E-state index in [2.05, 4.69) is 10.3 Å². The Kier molecular flexibility index (Phi) is 5.15. The van der Waals surface area contributed by atoms with E-state index in [4.69, 9.17) is 9.84 Å². The summed E-state index contributed by atoms with van der Waals surface area (Å²) >= 11 is 0. The second-order valence-corrected chi connectivity index (χ2v) is 4.62. The average Bonchev–Trinajstić information content (AvgIpc) is 2.48. The number of nitrogens with one attached hydrogen (secondary N) is 1. The van der Waals surface area contributed by atoms with Crippen LogP contribution in [0.1, 0.15) is 22.5 Å². The number of anilines is 1. The van der Waals surface area contributed by atoms with Gasteiger partial charge in [0.2, 0.25) is 0 Å². The number of aryl methyl sites for hydroxylation is 1. The van der Waals surface area contributed by atoms with Crippen LogP contribution in [0.3, 0.4) is 0 Å². The van der Waals surface area contributed by atoms with Crippen LogP contribution in [0.25, 0.3) is 0 Å². The second kappa shape index (κ2) is 7.28. The first-order valence-corrected chi connectivity index (χ1v) is 6.78. The van der Waals surface area contributed by atoms with E-state index in [1.807, 2.05) is 37.3 Å². The summed E-state index contributed by atoms with van der Waals surface area (Å²) in [6.45, 7) is 3.04. The van der Waals surface area contributed by atoms with Gasteiger partial charge in [0.15, 0.2) is 0 Å².